The van der Waals surface area contributed by atoms with E-state index in [2.05, 4.69) is 15.4 Å². The van der Waals surface area contributed by atoms with Gasteiger partial charge in [0.15, 0.2) is 5.69 Å². The highest BCUT2D eigenvalue weighted by molar-refractivity contribution is 5.86. The molecule has 0 amide bonds. The van der Waals surface area contributed by atoms with Crippen LogP contribution < -0.4 is 15.5 Å². The smallest absolute Gasteiger partial charge is 0.209 e. The minimum absolute atomic E-state index is 0.190. The van der Waals surface area contributed by atoms with Crippen LogP contribution in [0.4, 0.5) is 5.69 Å². The second-order valence-corrected chi connectivity index (χ2v) is 6.81. The molecule has 2 heterocycles. The van der Waals surface area contributed by atoms with Crippen molar-refractivity contribution in [2.75, 3.05) is 12.4 Å². The molecule has 0 spiro atoms. The fourth-order valence-electron chi connectivity index (χ4n) is 3.23. The maximum atomic E-state index is 12.6. The lowest BCUT2D eigenvalue weighted by Crippen LogP contribution is -2.18. The molecule has 7 nitrogen and oxygen atoms in total. The van der Waals surface area contributed by atoms with E-state index in [4.69, 9.17) is 10.1 Å². The molecule has 0 aliphatic carbocycles. The number of nitrogens with one attached hydrogen (secondary N) is 2. The van der Waals surface area contributed by atoms with Gasteiger partial charge in [-0.15, -0.1) is 0 Å². The van der Waals surface area contributed by atoms with Gasteiger partial charge in [-0.3, -0.25) is 9.78 Å². The molecule has 2 aromatic heterocycles. The Morgan fingerprint density at radius 2 is 1.88 bits per heavy atom. The Hall–Kier alpha value is -4.52. The zero-order valence-electron chi connectivity index (χ0n) is 17.4. The minimum Gasteiger partial charge on any atom is -0.494 e. The number of allylic oxidation sites excluding steroid dienone is 1. The molecule has 0 atom stereocenters. The van der Waals surface area contributed by atoms with E-state index in [0.29, 0.717) is 17.1 Å². The van der Waals surface area contributed by atoms with E-state index in [1.54, 1.807) is 24.2 Å². The van der Waals surface area contributed by atoms with Crippen molar-refractivity contribution in [3.63, 3.8) is 0 Å². The van der Waals surface area contributed by atoms with Crippen LogP contribution in [0, 0.1) is 5.41 Å². The summed E-state index contributed by atoms with van der Waals surface area (Å²) >= 11 is 0. The Bertz CT molecular complexity index is 1320. The van der Waals surface area contributed by atoms with E-state index >= 15 is 0 Å². The largest absolute Gasteiger partial charge is 0.494 e. The molecule has 0 saturated carbocycles. The molecular formula is C25H21N5O2. The molecule has 2 aromatic carbocycles. The van der Waals surface area contributed by atoms with Crippen molar-refractivity contribution in [1.82, 2.24) is 14.8 Å². The van der Waals surface area contributed by atoms with Crippen LogP contribution in [-0.4, -0.2) is 28.1 Å². The maximum absolute atomic E-state index is 12.6. The van der Waals surface area contributed by atoms with Gasteiger partial charge >= 0.3 is 0 Å². The van der Waals surface area contributed by atoms with Crippen molar-refractivity contribution in [1.29, 1.82) is 5.41 Å². The van der Waals surface area contributed by atoms with Crippen LogP contribution in [0.1, 0.15) is 5.69 Å². The van der Waals surface area contributed by atoms with Gasteiger partial charge in [0.2, 0.25) is 5.43 Å². The Labute approximate surface area is 185 Å². The molecule has 4 rings (SSSR count). The molecule has 0 bridgehead atoms. The highest BCUT2D eigenvalue weighted by Crippen LogP contribution is 2.28. The van der Waals surface area contributed by atoms with Gasteiger partial charge in [0, 0.05) is 35.9 Å². The van der Waals surface area contributed by atoms with Gasteiger partial charge in [-0.05, 0) is 42.5 Å². The van der Waals surface area contributed by atoms with Crippen molar-refractivity contribution in [3.05, 3.63) is 107 Å². The number of rotatable bonds is 7. The molecule has 7 heteroatoms. The van der Waals surface area contributed by atoms with E-state index in [9.17, 15) is 4.79 Å². The van der Waals surface area contributed by atoms with Gasteiger partial charge in [0.05, 0.1) is 18.5 Å². The molecule has 0 saturated heterocycles. The number of benzene rings is 2. The lowest BCUT2D eigenvalue weighted by Gasteiger charge is -2.15. The number of pyridine rings is 1. The molecule has 32 heavy (non-hydrogen) atoms. The topological polar surface area (TPSA) is 92.9 Å². The Balaban J connectivity index is 1.76. The number of methoxy groups -OCH3 is 1. The van der Waals surface area contributed by atoms with Crippen LogP contribution in [0.3, 0.4) is 0 Å². The third-order valence-electron chi connectivity index (χ3n) is 4.75. The Morgan fingerprint density at radius 3 is 2.59 bits per heavy atom. The minimum atomic E-state index is -0.262. The van der Waals surface area contributed by atoms with Crippen LogP contribution in [0.25, 0.3) is 22.6 Å². The molecule has 0 fully saturated rings. The van der Waals surface area contributed by atoms with Crippen LogP contribution in [0.5, 0.6) is 5.75 Å². The average Bonchev–Trinajstić information content (AvgIpc) is 2.85. The SMILES string of the molecule is COc1cc(-c2ccccn2)ccc1-n1ccc(=O)c(/C(=C/C=N)Nc2ccccc2)n1. The van der Waals surface area contributed by atoms with Crippen molar-refractivity contribution in [2.45, 2.75) is 0 Å². The summed E-state index contributed by atoms with van der Waals surface area (Å²) in [5, 5.41) is 15.2. The van der Waals surface area contributed by atoms with Crippen molar-refractivity contribution in [2.24, 2.45) is 0 Å². The number of hydrogen-bond donors (Lipinski definition) is 2. The zero-order valence-corrected chi connectivity index (χ0v) is 17.4. The molecule has 0 radical (unpaired) electrons. The first-order chi connectivity index (χ1) is 15.7. The highest BCUT2D eigenvalue weighted by Gasteiger charge is 2.13. The van der Waals surface area contributed by atoms with E-state index in [0.717, 1.165) is 23.2 Å². The van der Waals surface area contributed by atoms with Gasteiger partial charge in [0.1, 0.15) is 11.4 Å². The fourth-order valence-corrected chi connectivity index (χ4v) is 3.23. The van der Waals surface area contributed by atoms with Crippen LogP contribution in [0.15, 0.2) is 96.1 Å². The highest BCUT2D eigenvalue weighted by atomic mass is 16.5. The van der Waals surface area contributed by atoms with Gasteiger partial charge < -0.3 is 15.5 Å². The third kappa shape index (κ3) is 4.46. The third-order valence-corrected chi connectivity index (χ3v) is 4.75. The number of ether oxygens (including phenoxy) is 1. The lowest BCUT2D eigenvalue weighted by atomic mass is 10.1. The van der Waals surface area contributed by atoms with E-state index < -0.39 is 0 Å². The number of para-hydroxylation sites is 1. The van der Waals surface area contributed by atoms with Crippen molar-refractivity contribution in [3.8, 4) is 22.7 Å². The van der Waals surface area contributed by atoms with Crippen molar-refractivity contribution >= 4 is 17.6 Å². The molecule has 2 N–H and O–H groups in total. The lowest BCUT2D eigenvalue weighted by molar-refractivity contribution is 0.411. The van der Waals surface area contributed by atoms with Gasteiger partial charge in [0.25, 0.3) is 0 Å². The van der Waals surface area contributed by atoms with E-state index in [1.807, 2.05) is 66.7 Å². The second kappa shape index (κ2) is 9.53. The van der Waals surface area contributed by atoms with E-state index in [-0.39, 0.29) is 11.1 Å². The number of aromatic nitrogens is 3. The molecule has 0 unspecified atom stereocenters. The first kappa shape index (κ1) is 20.7. The summed E-state index contributed by atoms with van der Waals surface area (Å²) in [6.07, 6.45) is 5.95. The molecule has 4 aromatic rings. The molecule has 0 aliphatic heterocycles. The normalized spacial score (nSPS) is 11.1. The first-order valence-corrected chi connectivity index (χ1v) is 9.92. The monoisotopic (exact) mass is 423 g/mol. The van der Waals surface area contributed by atoms with Gasteiger partial charge in [-0.1, -0.05) is 30.3 Å². The summed E-state index contributed by atoms with van der Waals surface area (Å²) in [6, 6.07) is 22.3. The first-order valence-electron chi connectivity index (χ1n) is 9.92. The van der Waals surface area contributed by atoms with Crippen LogP contribution in [0.2, 0.25) is 0 Å². The summed E-state index contributed by atoms with van der Waals surface area (Å²) < 4.78 is 7.19. The summed E-state index contributed by atoms with van der Waals surface area (Å²) in [4.78, 5) is 17.0. The Kier molecular flexibility index (Phi) is 6.17. The molecule has 0 aliphatic rings. The quantitative estimate of drug-likeness (QED) is 0.430. The standard InChI is InChI=1S/C25H21N5O2/c1-32-24-17-18(20-9-5-6-15-27-20)10-11-22(24)30-16-13-23(31)25(29-30)21(12-14-26)28-19-7-3-2-4-8-19/h2-17,26,28H,1H3/b21-12-,26-14?. The predicted octanol–water partition coefficient (Wildman–Crippen LogP) is 4.41. The number of hydrogen-bond acceptors (Lipinski definition) is 6. The van der Waals surface area contributed by atoms with Gasteiger partial charge in [-0.2, -0.15) is 5.10 Å². The number of anilines is 1. The second-order valence-electron chi connectivity index (χ2n) is 6.81. The van der Waals surface area contributed by atoms with Gasteiger partial charge in [-0.25, -0.2) is 4.68 Å². The maximum Gasteiger partial charge on any atom is 0.209 e. The zero-order chi connectivity index (χ0) is 22.3. The molecule has 158 valence electrons. The summed E-state index contributed by atoms with van der Waals surface area (Å²) in [6.45, 7) is 0. The summed E-state index contributed by atoms with van der Waals surface area (Å²) in [5.41, 5.74) is 3.54. The number of nitrogens with zero attached hydrogens (tertiary/aromatic N) is 3. The Morgan fingerprint density at radius 1 is 1.06 bits per heavy atom. The van der Waals surface area contributed by atoms with E-state index in [1.165, 1.54) is 12.1 Å². The molecular weight excluding hydrogens is 402 g/mol. The average molecular weight is 423 g/mol. The van der Waals surface area contributed by atoms with Crippen LogP contribution >= 0.6 is 0 Å². The summed E-state index contributed by atoms with van der Waals surface area (Å²) in [5.74, 6) is 0.587. The van der Waals surface area contributed by atoms with Crippen molar-refractivity contribution < 1.29 is 4.74 Å². The predicted molar refractivity (Wildman–Crippen MR) is 126 cm³/mol. The summed E-state index contributed by atoms with van der Waals surface area (Å²) in [7, 11) is 1.59. The van der Waals surface area contributed by atoms with Crippen LogP contribution in [-0.2, 0) is 0 Å². The fraction of sp³-hybridized carbons (Fsp3) is 0.0400.